The lowest BCUT2D eigenvalue weighted by Crippen LogP contribution is -2.04. The highest BCUT2D eigenvalue weighted by Gasteiger charge is 2.06. The van der Waals surface area contributed by atoms with Crippen LogP contribution < -0.4 is 5.32 Å². The van der Waals surface area contributed by atoms with E-state index in [4.69, 9.17) is 5.26 Å². The number of unbranched alkanes of at least 4 members (excludes halogenated alkanes) is 6. The molecule has 0 fully saturated rings. The van der Waals surface area contributed by atoms with Gasteiger partial charge >= 0.3 is 0 Å². The van der Waals surface area contributed by atoms with Gasteiger partial charge in [0.1, 0.15) is 17.4 Å². The number of nitrogens with zero attached hydrogens (tertiary/aromatic N) is 1. The van der Waals surface area contributed by atoms with Crippen LogP contribution in [0.4, 0.5) is 10.1 Å². The van der Waals surface area contributed by atoms with Crippen LogP contribution in [0.25, 0.3) is 0 Å². The van der Waals surface area contributed by atoms with Crippen LogP contribution in [0.2, 0.25) is 0 Å². The molecule has 1 N–H and O–H groups in total. The zero-order chi connectivity index (χ0) is 13.9. The van der Waals surface area contributed by atoms with Gasteiger partial charge in [-0.3, -0.25) is 0 Å². The Balaban J connectivity index is 2.20. The van der Waals surface area contributed by atoms with Gasteiger partial charge in [0.25, 0.3) is 0 Å². The van der Waals surface area contributed by atoms with E-state index in [1.807, 2.05) is 6.07 Å². The van der Waals surface area contributed by atoms with E-state index >= 15 is 0 Å². The minimum atomic E-state index is -0.452. The van der Waals surface area contributed by atoms with Crippen molar-refractivity contribution in [1.82, 2.24) is 0 Å². The Morgan fingerprint density at radius 2 is 1.79 bits per heavy atom. The Labute approximate surface area is 115 Å². The largest absolute Gasteiger partial charge is 0.384 e. The molecular formula is C16H23FN2. The number of hydrogen-bond acceptors (Lipinski definition) is 2. The molecule has 0 atom stereocenters. The first kappa shape index (κ1) is 15.5. The van der Waals surface area contributed by atoms with E-state index in [1.165, 1.54) is 44.6 Å². The van der Waals surface area contributed by atoms with E-state index in [0.717, 1.165) is 13.0 Å². The van der Waals surface area contributed by atoms with Crippen LogP contribution in [-0.2, 0) is 0 Å². The molecule has 1 aromatic rings. The highest BCUT2D eigenvalue weighted by molar-refractivity contribution is 5.57. The third kappa shape index (κ3) is 5.74. The topological polar surface area (TPSA) is 35.8 Å². The van der Waals surface area contributed by atoms with E-state index in [-0.39, 0.29) is 5.56 Å². The molecular weight excluding hydrogens is 239 g/mol. The van der Waals surface area contributed by atoms with Crippen LogP contribution in [0.3, 0.4) is 0 Å². The van der Waals surface area contributed by atoms with Crippen molar-refractivity contribution in [2.45, 2.75) is 51.9 Å². The Morgan fingerprint density at radius 3 is 2.47 bits per heavy atom. The van der Waals surface area contributed by atoms with Crippen LogP contribution in [-0.4, -0.2) is 6.54 Å². The van der Waals surface area contributed by atoms with Gasteiger partial charge in [0, 0.05) is 6.54 Å². The summed E-state index contributed by atoms with van der Waals surface area (Å²) in [6.45, 7) is 3.02. The third-order valence-corrected chi connectivity index (χ3v) is 3.22. The molecule has 0 bridgehead atoms. The summed E-state index contributed by atoms with van der Waals surface area (Å²) in [4.78, 5) is 0. The second kappa shape index (κ2) is 9.38. The Bertz CT molecular complexity index is 410. The van der Waals surface area contributed by atoms with Gasteiger partial charge in [-0.05, 0) is 18.6 Å². The van der Waals surface area contributed by atoms with E-state index in [9.17, 15) is 4.39 Å². The molecule has 1 rings (SSSR count). The van der Waals surface area contributed by atoms with Crippen molar-refractivity contribution in [3.63, 3.8) is 0 Å². The van der Waals surface area contributed by atoms with Crippen molar-refractivity contribution in [1.29, 1.82) is 5.26 Å². The normalized spacial score (nSPS) is 10.2. The summed E-state index contributed by atoms with van der Waals surface area (Å²) < 4.78 is 13.3. The summed E-state index contributed by atoms with van der Waals surface area (Å²) in [6, 6.07) is 6.60. The number of anilines is 1. The fourth-order valence-electron chi connectivity index (χ4n) is 2.09. The maximum atomic E-state index is 13.3. The van der Waals surface area contributed by atoms with Crippen molar-refractivity contribution in [2.24, 2.45) is 0 Å². The SMILES string of the molecule is CCCCCCCCCNc1cccc(F)c1C#N. The fraction of sp³-hybridized carbons (Fsp3) is 0.562. The van der Waals surface area contributed by atoms with Gasteiger partial charge in [-0.25, -0.2) is 4.39 Å². The van der Waals surface area contributed by atoms with Gasteiger partial charge in [-0.15, -0.1) is 0 Å². The van der Waals surface area contributed by atoms with Crippen LogP contribution in [0, 0.1) is 17.1 Å². The first-order chi connectivity index (χ1) is 9.29. The number of nitrogens with one attached hydrogen (secondary N) is 1. The predicted octanol–water partition coefficient (Wildman–Crippen LogP) is 4.86. The molecule has 19 heavy (non-hydrogen) atoms. The monoisotopic (exact) mass is 262 g/mol. The molecule has 0 saturated heterocycles. The molecule has 0 unspecified atom stereocenters. The lowest BCUT2D eigenvalue weighted by molar-refractivity contribution is 0.596. The van der Waals surface area contributed by atoms with Crippen molar-refractivity contribution in [3.8, 4) is 6.07 Å². The van der Waals surface area contributed by atoms with Crippen molar-refractivity contribution in [2.75, 3.05) is 11.9 Å². The molecule has 0 aliphatic heterocycles. The average Bonchev–Trinajstić information content (AvgIpc) is 2.42. The first-order valence-corrected chi connectivity index (χ1v) is 7.22. The summed E-state index contributed by atoms with van der Waals surface area (Å²) in [5.41, 5.74) is 0.721. The summed E-state index contributed by atoms with van der Waals surface area (Å²) >= 11 is 0. The Hall–Kier alpha value is -1.56. The van der Waals surface area contributed by atoms with E-state index in [0.29, 0.717) is 5.69 Å². The average molecular weight is 262 g/mol. The maximum absolute atomic E-state index is 13.3. The maximum Gasteiger partial charge on any atom is 0.143 e. The summed E-state index contributed by atoms with van der Waals surface area (Å²) in [7, 11) is 0. The Morgan fingerprint density at radius 1 is 1.11 bits per heavy atom. The van der Waals surface area contributed by atoms with E-state index in [2.05, 4.69) is 12.2 Å². The van der Waals surface area contributed by atoms with Gasteiger partial charge in [0.15, 0.2) is 0 Å². The lowest BCUT2D eigenvalue weighted by Gasteiger charge is -2.08. The summed E-state index contributed by atoms with van der Waals surface area (Å²) in [6.07, 6.45) is 8.74. The van der Waals surface area contributed by atoms with Crippen molar-refractivity contribution in [3.05, 3.63) is 29.6 Å². The lowest BCUT2D eigenvalue weighted by atomic mass is 10.1. The van der Waals surface area contributed by atoms with E-state index in [1.54, 1.807) is 12.1 Å². The highest BCUT2D eigenvalue weighted by Crippen LogP contribution is 2.17. The van der Waals surface area contributed by atoms with Gasteiger partial charge < -0.3 is 5.32 Å². The van der Waals surface area contributed by atoms with Crippen LogP contribution in [0.15, 0.2) is 18.2 Å². The van der Waals surface area contributed by atoms with Crippen molar-refractivity contribution < 1.29 is 4.39 Å². The zero-order valence-electron chi connectivity index (χ0n) is 11.7. The smallest absolute Gasteiger partial charge is 0.143 e. The molecule has 0 spiro atoms. The third-order valence-electron chi connectivity index (χ3n) is 3.22. The molecule has 2 nitrogen and oxygen atoms in total. The van der Waals surface area contributed by atoms with Crippen LogP contribution in [0.5, 0.6) is 0 Å². The van der Waals surface area contributed by atoms with Gasteiger partial charge in [0.2, 0.25) is 0 Å². The second-order valence-electron chi connectivity index (χ2n) is 4.82. The molecule has 0 aromatic heterocycles. The molecule has 3 heteroatoms. The number of benzene rings is 1. The number of halogens is 1. The van der Waals surface area contributed by atoms with Gasteiger partial charge in [0.05, 0.1) is 5.69 Å². The van der Waals surface area contributed by atoms with Crippen LogP contribution in [0.1, 0.15) is 57.4 Å². The molecule has 0 saturated carbocycles. The van der Waals surface area contributed by atoms with Crippen LogP contribution >= 0.6 is 0 Å². The molecule has 0 radical (unpaired) electrons. The number of rotatable bonds is 9. The second-order valence-corrected chi connectivity index (χ2v) is 4.82. The Kier molecular flexibility index (Phi) is 7.65. The fourth-order valence-corrected chi connectivity index (χ4v) is 2.09. The van der Waals surface area contributed by atoms with E-state index < -0.39 is 5.82 Å². The number of nitriles is 1. The molecule has 0 aliphatic carbocycles. The highest BCUT2D eigenvalue weighted by atomic mass is 19.1. The molecule has 0 heterocycles. The summed E-state index contributed by atoms with van der Waals surface area (Å²) in [5, 5.41) is 12.0. The first-order valence-electron chi connectivity index (χ1n) is 7.22. The zero-order valence-corrected chi connectivity index (χ0v) is 11.7. The minimum absolute atomic E-state index is 0.116. The number of hydrogen-bond donors (Lipinski definition) is 1. The minimum Gasteiger partial charge on any atom is -0.384 e. The van der Waals surface area contributed by atoms with Gasteiger partial charge in [-0.2, -0.15) is 5.26 Å². The summed E-state index contributed by atoms with van der Waals surface area (Å²) in [5.74, 6) is -0.452. The molecule has 0 aliphatic rings. The quantitative estimate of drug-likeness (QED) is 0.645. The predicted molar refractivity (Wildman–Crippen MR) is 77.6 cm³/mol. The molecule has 104 valence electrons. The van der Waals surface area contributed by atoms with Crippen molar-refractivity contribution >= 4 is 5.69 Å². The standard InChI is InChI=1S/C16H23FN2/c1-2-3-4-5-6-7-8-12-19-16-11-9-10-15(17)14(16)13-18/h9-11,19H,2-8,12H2,1H3. The molecule has 1 aromatic carbocycles. The molecule has 0 amide bonds. The van der Waals surface area contributed by atoms with Gasteiger partial charge in [-0.1, -0.05) is 51.5 Å².